The SMILES string of the molecule is Cn1nccc1CCNC(=O)C1CCCC(N)C1. The Bertz CT molecular complexity index is 401. The van der Waals surface area contributed by atoms with E-state index in [4.69, 9.17) is 5.73 Å². The summed E-state index contributed by atoms with van der Waals surface area (Å²) < 4.78 is 1.84. The third kappa shape index (κ3) is 3.32. The Labute approximate surface area is 108 Å². The molecule has 0 spiro atoms. The summed E-state index contributed by atoms with van der Waals surface area (Å²) in [6, 6.07) is 2.18. The molecule has 1 saturated carbocycles. The Morgan fingerprint density at radius 1 is 1.61 bits per heavy atom. The average Bonchev–Trinajstić information content (AvgIpc) is 2.75. The van der Waals surface area contributed by atoms with Gasteiger partial charge >= 0.3 is 0 Å². The fourth-order valence-corrected chi connectivity index (χ4v) is 2.57. The van der Waals surface area contributed by atoms with Crippen molar-refractivity contribution in [2.45, 2.75) is 38.1 Å². The molecule has 2 atom stereocenters. The Morgan fingerprint density at radius 3 is 3.11 bits per heavy atom. The van der Waals surface area contributed by atoms with E-state index in [-0.39, 0.29) is 17.9 Å². The summed E-state index contributed by atoms with van der Waals surface area (Å²) >= 11 is 0. The van der Waals surface area contributed by atoms with Crippen molar-refractivity contribution in [3.63, 3.8) is 0 Å². The third-order valence-electron chi connectivity index (χ3n) is 3.69. The molecule has 5 nitrogen and oxygen atoms in total. The van der Waals surface area contributed by atoms with E-state index in [0.717, 1.165) is 37.8 Å². The van der Waals surface area contributed by atoms with Gasteiger partial charge in [-0.2, -0.15) is 5.10 Å². The smallest absolute Gasteiger partial charge is 0.223 e. The lowest BCUT2D eigenvalue weighted by Gasteiger charge is -2.25. The van der Waals surface area contributed by atoms with E-state index in [1.165, 1.54) is 0 Å². The molecule has 1 amide bonds. The highest BCUT2D eigenvalue weighted by atomic mass is 16.1. The van der Waals surface area contributed by atoms with Gasteiger partial charge in [-0.3, -0.25) is 9.48 Å². The zero-order chi connectivity index (χ0) is 13.0. The first kappa shape index (κ1) is 13.1. The summed E-state index contributed by atoms with van der Waals surface area (Å²) in [7, 11) is 1.91. The molecule has 2 unspecified atom stereocenters. The third-order valence-corrected chi connectivity index (χ3v) is 3.69. The topological polar surface area (TPSA) is 72.9 Å². The molecule has 1 aliphatic carbocycles. The molecular formula is C13H22N4O. The van der Waals surface area contributed by atoms with Gasteiger partial charge in [-0.15, -0.1) is 0 Å². The van der Waals surface area contributed by atoms with Crippen LogP contribution in [0, 0.1) is 5.92 Å². The number of hydrogen-bond acceptors (Lipinski definition) is 3. The first-order valence-corrected chi connectivity index (χ1v) is 6.67. The van der Waals surface area contributed by atoms with Crippen LogP contribution in [-0.2, 0) is 18.3 Å². The second-order valence-corrected chi connectivity index (χ2v) is 5.11. The minimum atomic E-state index is 0.111. The summed E-state index contributed by atoms with van der Waals surface area (Å²) in [4.78, 5) is 12.0. The molecule has 1 aromatic heterocycles. The molecule has 1 aliphatic rings. The van der Waals surface area contributed by atoms with Crippen molar-refractivity contribution in [2.75, 3.05) is 6.54 Å². The zero-order valence-corrected chi connectivity index (χ0v) is 10.9. The summed E-state index contributed by atoms with van der Waals surface area (Å²) in [5, 5.41) is 7.10. The van der Waals surface area contributed by atoms with Crippen LogP contribution >= 0.6 is 0 Å². The van der Waals surface area contributed by atoms with E-state index in [9.17, 15) is 4.79 Å². The van der Waals surface area contributed by atoms with Gasteiger partial charge in [0.15, 0.2) is 0 Å². The molecule has 0 aromatic carbocycles. The predicted molar refractivity (Wildman–Crippen MR) is 69.9 cm³/mol. The standard InChI is InChI=1S/C13H22N4O/c1-17-12(6-8-16-17)5-7-15-13(18)10-3-2-4-11(14)9-10/h6,8,10-11H,2-5,7,9,14H2,1H3,(H,15,18). The van der Waals surface area contributed by atoms with Gasteiger partial charge in [0, 0.05) is 43.9 Å². The molecule has 1 fully saturated rings. The van der Waals surface area contributed by atoms with Gasteiger partial charge in [0.05, 0.1) is 0 Å². The number of amides is 1. The van der Waals surface area contributed by atoms with E-state index >= 15 is 0 Å². The van der Waals surface area contributed by atoms with Crippen LogP contribution in [0.1, 0.15) is 31.4 Å². The maximum Gasteiger partial charge on any atom is 0.223 e. The summed E-state index contributed by atoms with van der Waals surface area (Å²) in [5.41, 5.74) is 7.03. The van der Waals surface area contributed by atoms with Crippen LogP contribution in [0.25, 0.3) is 0 Å². The van der Waals surface area contributed by atoms with E-state index < -0.39 is 0 Å². The molecule has 1 heterocycles. The minimum absolute atomic E-state index is 0.111. The molecule has 0 radical (unpaired) electrons. The van der Waals surface area contributed by atoms with Crippen molar-refractivity contribution < 1.29 is 4.79 Å². The lowest BCUT2D eigenvalue weighted by atomic mass is 9.85. The van der Waals surface area contributed by atoms with Crippen LogP contribution in [0.4, 0.5) is 0 Å². The molecule has 0 aliphatic heterocycles. The van der Waals surface area contributed by atoms with Crippen molar-refractivity contribution in [1.29, 1.82) is 0 Å². The fraction of sp³-hybridized carbons (Fsp3) is 0.692. The number of hydrogen-bond donors (Lipinski definition) is 2. The quantitative estimate of drug-likeness (QED) is 0.821. The number of nitrogens with one attached hydrogen (secondary N) is 1. The monoisotopic (exact) mass is 250 g/mol. The van der Waals surface area contributed by atoms with Crippen molar-refractivity contribution in [3.05, 3.63) is 18.0 Å². The van der Waals surface area contributed by atoms with Gasteiger partial charge in [0.2, 0.25) is 5.91 Å². The Balaban J connectivity index is 1.73. The molecule has 0 saturated heterocycles. The van der Waals surface area contributed by atoms with E-state index in [0.29, 0.717) is 6.54 Å². The number of nitrogens with two attached hydrogens (primary N) is 1. The number of nitrogens with zero attached hydrogens (tertiary/aromatic N) is 2. The Hall–Kier alpha value is -1.36. The number of aromatic nitrogens is 2. The maximum absolute atomic E-state index is 12.0. The van der Waals surface area contributed by atoms with Crippen molar-refractivity contribution in [3.8, 4) is 0 Å². The van der Waals surface area contributed by atoms with Gasteiger partial charge in [-0.25, -0.2) is 0 Å². The van der Waals surface area contributed by atoms with Gasteiger partial charge < -0.3 is 11.1 Å². The molecule has 18 heavy (non-hydrogen) atoms. The first-order chi connectivity index (χ1) is 8.66. The highest BCUT2D eigenvalue weighted by molar-refractivity contribution is 5.78. The molecular weight excluding hydrogens is 228 g/mol. The van der Waals surface area contributed by atoms with Crippen LogP contribution in [0.2, 0.25) is 0 Å². The highest BCUT2D eigenvalue weighted by Crippen LogP contribution is 2.22. The predicted octanol–water partition coefficient (Wildman–Crippen LogP) is 0.596. The lowest BCUT2D eigenvalue weighted by molar-refractivity contribution is -0.126. The van der Waals surface area contributed by atoms with Crippen LogP contribution in [0.5, 0.6) is 0 Å². The van der Waals surface area contributed by atoms with Crippen molar-refractivity contribution in [1.82, 2.24) is 15.1 Å². The molecule has 100 valence electrons. The molecule has 3 N–H and O–H groups in total. The second kappa shape index (κ2) is 6.00. The lowest BCUT2D eigenvalue weighted by Crippen LogP contribution is -2.38. The average molecular weight is 250 g/mol. The van der Waals surface area contributed by atoms with Gasteiger partial charge in [0.1, 0.15) is 0 Å². The molecule has 1 aromatic rings. The minimum Gasteiger partial charge on any atom is -0.355 e. The number of aryl methyl sites for hydroxylation is 1. The van der Waals surface area contributed by atoms with Gasteiger partial charge in [0.25, 0.3) is 0 Å². The van der Waals surface area contributed by atoms with Crippen molar-refractivity contribution >= 4 is 5.91 Å². The molecule has 2 rings (SSSR count). The number of carbonyl (C=O) groups excluding carboxylic acids is 1. The van der Waals surface area contributed by atoms with Crippen molar-refractivity contribution in [2.24, 2.45) is 18.7 Å². The largest absolute Gasteiger partial charge is 0.355 e. The fourth-order valence-electron chi connectivity index (χ4n) is 2.57. The van der Waals surface area contributed by atoms with Gasteiger partial charge in [-0.05, 0) is 25.3 Å². The van der Waals surface area contributed by atoms with E-state index in [1.807, 2.05) is 17.8 Å². The van der Waals surface area contributed by atoms with Gasteiger partial charge in [-0.1, -0.05) is 6.42 Å². The summed E-state index contributed by atoms with van der Waals surface area (Å²) in [5.74, 6) is 0.271. The maximum atomic E-state index is 12.0. The van der Waals surface area contributed by atoms with Crippen LogP contribution in [-0.4, -0.2) is 28.3 Å². The molecule has 0 bridgehead atoms. The summed E-state index contributed by atoms with van der Waals surface area (Å²) in [6.45, 7) is 0.671. The van der Waals surface area contributed by atoms with E-state index in [2.05, 4.69) is 10.4 Å². The first-order valence-electron chi connectivity index (χ1n) is 6.67. The summed E-state index contributed by atoms with van der Waals surface area (Å²) in [6.07, 6.45) is 6.53. The van der Waals surface area contributed by atoms with Crippen LogP contribution in [0.3, 0.4) is 0 Å². The highest BCUT2D eigenvalue weighted by Gasteiger charge is 2.24. The number of carbonyl (C=O) groups is 1. The number of rotatable bonds is 4. The Kier molecular flexibility index (Phi) is 4.36. The van der Waals surface area contributed by atoms with E-state index in [1.54, 1.807) is 6.20 Å². The Morgan fingerprint density at radius 2 is 2.44 bits per heavy atom. The zero-order valence-electron chi connectivity index (χ0n) is 10.9. The normalized spacial score (nSPS) is 23.9. The molecule has 5 heteroatoms. The second-order valence-electron chi connectivity index (χ2n) is 5.11. The van der Waals surface area contributed by atoms with Crippen LogP contribution in [0.15, 0.2) is 12.3 Å². The van der Waals surface area contributed by atoms with Crippen LogP contribution < -0.4 is 11.1 Å².